The first kappa shape index (κ1) is 16.3. The molecule has 0 atom stereocenters. The van der Waals surface area contributed by atoms with Gasteiger partial charge in [0.05, 0.1) is 7.11 Å². The van der Waals surface area contributed by atoms with Crippen LogP contribution in [-0.2, 0) is 0 Å². The summed E-state index contributed by atoms with van der Waals surface area (Å²) in [5, 5.41) is 0. The van der Waals surface area contributed by atoms with Crippen molar-refractivity contribution in [2.75, 3.05) is 7.11 Å². The maximum Gasteiger partial charge on any atom is 0.460 e. The highest BCUT2D eigenvalue weighted by molar-refractivity contribution is 6.02. The quantitative estimate of drug-likeness (QED) is 0.626. The molecule has 0 radical (unpaired) electrons. The molecule has 0 aliphatic carbocycles. The van der Waals surface area contributed by atoms with Crippen LogP contribution < -0.4 is 4.74 Å². The zero-order chi connectivity index (χ0) is 15.8. The van der Waals surface area contributed by atoms with Gasteiger partial charge in [0.25, 0.3) is 0 Å². The fourth-order valence-corrected chi connectivity index (χ4v) is 1.24. The van der Waals surface area contributed by atoms with Gasteiger partial charge >= 0.3 is 18.0 Å². The first-order chi connectivity index (χ1) is 8.95. The van der Waals surface area contributed by atoms with Gasteiger partial charge in [-0.1, -0.05) is 0 Å². The summed E-state index contributed by atoms with van der Waals surface area (Å²) in [6, 6.07) is 3.30. The molecular formula is C11H7F7O2. The normalized spacial score (nSPS) is 13.2. The predicted octanol–water partition coefficient (Wildman–Crippen LogP) is 3.71. The molecule has 1 aromatic rings. The van der Waals surface area contributed by atoms with Crippen molar-refractivity contribution < 1.29 is 40.3 Å². The lowest BCUT2D eigenvalue weighted by molar-refractivity contribution is -0.339. The molecular weight excluding hydrogens is 297 g/mol. The van der Waals surface area contributed by atoms with Gasteiger partial charge in [0.1, 0.15) is 5.75 Å². The van der Waals surface area contributed by atoms with Gasteiger partial charge in [-0.3, -0.25) is 4.79 Å². The number of ether oxygens (including phenoxy) is 1. The lowest BCUT2D eigenvalue weighted by Crippen LogP contribution is -2.56. The molecule has 0 heterocycles. The molecule has 1 rings (SSSR count). The van der Waals surface area contributed by atoms with Gasteiger partial charge in [0, 0.05) is 5.56 Å². The van der Waals surface area contributed by atoms with E-state index >= 15 is 0 Å². The van der Waals surface area contributed by atoms with Crippen LogP contribution in [-0.4, -0.2) is 30.9 Å². The van der Waals surface area contributed by atoms with E-state index in [-0.39, 0.29) is 5.75 Å². The number of carbonyl (C=O) groups excluding carboxylic acids is 1. The van der Waals surface area contributed by atoms with Crippen molar-refractivity contribution in [3.8, 4) is 5.75 Å². The van der Waals surface area contributed by atoms with Crippen LogP contribution in [0.25, 0.3) is 0 Å². The van der Waals surface area contributed by atoms with Crippen molar-refractivity contribution >= 4 is 5.78 Å². The van der Waals surface area contributed by atoms with E-state index in [1.165, 1.54) is 7.11 Å². The molecule has 0 saturated heterocycles. The van der Waals surface area contributed by atoms with Gasteiger partial charge in [0.15, 0.2) is 0 Å². The summed E-state index contributed by atoms with van der Waals surface area (Å²) < 4.78 is 91.9. The summed E-state index contributed by atoms with van der Waals surface area (Å²) >= 11 is 0. The molecule has 112 valence electrons. The molecule has 20 heavy (non-hydrogen) atoms. The van der Waals surface area contributed by atoms with E-state index in [9.17, 15) is 35.5 Å². The highest BCUT2D eigenvalue weighted by Crippen LogP contribution is 2.47. The highest BCUT2D eigenvalue weighted by Gasteiger charge is 2.76. The zero-order valence-electron chi connectivity index (χ0n) is 9.77. The van der Waals surface area contributed by atoms with E-state index in [0.29, 0.717) is 12.1 Å². The van der Waals surface area contributed by atoms with Crippen molar-refractivity contribution in [3.05, 3.63) is 29.8 Å². The van der Waals surface area contributed by atoms with Crippen molar-refractivity contribution in [2.45, 2.75) is 18.0 Å². The van der Waals surface area contributed by atoms with Crippen molar-refractivity contribution in [1.29, 1.82) is 0 Å². The number of methoxy groups -OCH3 is 1. The second-order valence-corrected chi connectivity index (χ2v) is 3.70. The van der Waals surface area contributed by atoms with Gasteiger partial charge in [-0.2, -0.15) is 30.7 Å². The van der Waals surface area contributed by atoms with Crippen LogP contribution in [0.4, 0.5) is 30.7 Å². The number of alkyl halides is 7. The zero-order valence-corrected chi connectivity index (χ0v) is 9.77. The number of ketones is 1. The van der Waals surface area contributed by atoms with Crippen LogP contribution in [0.2, 0.25) is 0 Å². The molecule has 0 aliphatic heterocycles. The molecule has 0 N–H and O–H groups in total. The number of benzene rings is 1. The summed E-state index contributed by atoms with van der Waals surface area (Å²) in [6.45, 7) is 0. The van der Waals surface area contributed by atoms with E-state index in [2.05, 4.69) is 4.74 Å². The SMILES string of the molecule is COc1ccc(C(=O)C(F)(F)C(F)(F)C(F)(F)F)cc1. The van der Waals surface area contributed by atoms with E-state index in [1.54, 1.807) is 0 Å². The lowest BCUT2D eigenvalue weighted by Gasteiger charge is -2.26. The van der Waals surface area contributed by atoms with E-state index in [0.717, 1.165) is 12.1 Å². The first-order valence-corrected chi connectivity index (χ1v) is 4.96. The van der Waals surface area contributed by atoms with Gasteiger partial charge < -0.3 is 4.74 Å². The van der Waals surface area contributed by atoms with Crippen molar-refractivity contribution in [2.24, 2.45) is 0 Å². The van der Waals surface area contributed by atoms with Gasteiger partial charge in [-0.05, 0) is 24.3 Å². The Labute approximate surface area is 108 Å². The Bertz CT molecular complexity index is 490. The van der Waals surface area contributed by atoms with E-state index in [1.807, 2.05) is 0 Å². The Hall–Kier alpha value is -1.80. The Morgan fingerprint density at radius 1 is 0.950 bits per heavy atom. The molecule has 0 aromatic heterocycles. The molecule has 0 aliphatic rings. The number of halogens is 7. The number of Topliss-reactive ketones (excluding diaryl/α,β-unsaturated/α-hetero) is 1. The second-order valence-electron chi connectivity index (χ2n) is 3.70. The minimum Gasteiger partial charge on any atom is -0.497 e. The Kier molecular flexibility index (Phi) is 4.02. The third-order valence-corrected chi connectivity index (χ3v) is 2.39. The largest absolute Gasteiger partial charge is 0.497 e. The van der Waals surface area contributed by atoms with Gasteiger partial charge in [-0.15, -0.1) is 0 Å². The van der Waals surface area contributed by atoms with E-state index < -0.39 is 29.4 Å². The fraction of sp³-hybridized carbons (Fsp3) is 0.364. The molecule has 1 aromatic carbocycles. The molecule has 0 amide bonds. The number of hydrogen-bond acceptors (Lipinski definition) is 2. The highest BCUT2D eigenvalue weighted by atomic mass is 19.4. The molecule has 0 unspecified atom stereocenters. The average molecular weight is 304 g/mol. The molecule has 2 nitrogen and oxygen atoms in total. The predicted molar refractivity (Wildman–Crippen MR) is 53.3 cm³/mol. The van der Waals surface area contributed by atoms with Crippen LogP contribution in [0.3, 0.4) is 0 Å². The third kappa shape index (κ3) is 2.56. The number of carbonyl (C=O) groups is 1. The van der Waals surface area contributed by atoms with Crippen molar-refractivity contribution in [1.82, 2.24) is 0 Å². The Morgan fingerprint density at radius 3 is 1.75 bits per heavy atom. The fourth-order valence-electron chi connectivity index (χ4n) is 1.24. The van der Waals surface area contributed by atoms with E-state index in [4.69, 9.17) is 0 Å². The third-order valence-electron chi connectivity index (χ3n) is 2.39. The molecule has 0 spiro atoms. The van der Waals surface area contributed by atoms with Crippen LogP contribution in [0.15, 0.2) is 24.3 Å². The minimum absolute atomic E-state index is 0.118. The van der Waals surface area contributed by atoms with Crippen LogP contribution in [0, 0.1) is 0 Å². The molecule has 0 fully saturated rings. The molecule has 0 bridgehead atoms. The number of hydrogen-bond donors (Lipinski definition) is 0. The van der Waals surface area contributed by atoms with Crippen molar-refractivity contribution in [3.63, 3.8) is 0 Å². The summed E-state index contributed by atoms with van der Waals surface area (Å²) in [5.74, 6) is -14.9. The average Bonchev–Trinajstić information content (AvgIpc) is 2.36. The molecule has 0 saturated carbocycles. The topological polar surface area (TPSA) is 26.3 Å². The first-order valence-electron chi connectivity index (χ1n) is 4.96. The Balaban J connectivity index is 3.17. The monoisotopic (exact) mass is 304 g/mol. The maximum absolute atomic E-state index is 13.1. The summed E-state index contributed by atoms with van der Waals surface area (Å²) in [6.07, 6.45) is -6.54. The summed E-state index contributed by atoms with van der Waals surface area (Å²) in [7, 11) is 1.21. The standard InChI is InChI=1S/C11H7F7O2/c1-20-7-4-2-6(3-5-7)8(19)9(12,13)10(14,15)11(16,17)18/h2-5H,1H3. The second kappa shape index (κ2) is 4.95. The van der Waals surface area contributed by atoms with Crippen LogP contribution in [0.1, 0.15) is 10.4 Å². The van der Waals surface area contributed by atoms with Gasteiger partial charge in [-0.25, -0.2) is 0 Å². The summed E-state index contributed by atoms with van der Waals surface area (Å²) in [5.41, 5.74) is -0.986. The summed E-state index contributed by atoms with van der Waals surface area (Å²) in [4.78, 5) is 11.2. The maximum atomic E-state index is 13.1. The molecule has 9 heteroatoms. The lowest BCUT2D eigenvalue weighted by atomic mass is 10.00. The number of rotatable bonds is 4. The van der Waals surface area contributed by atoms with Gasteiger partial charge in [0.2, 0.25) is 5.78 Å². The smallest absolute Gasteiger partial charge is 0.460 e. The van der Waals surface area contributed by atoms with Crippen LogP contribution >= 0.6 is 0 Å². The minimum atomic E-state index is -6.54. The van der Waals surface area contributed by atoms with Crippen LogP contribution in [0.5, 0.6) is 5.75 Å². The Morgan fingerprint density at radius 2 is 1.40 bits per heavy atom.